The molecule has 3 amide bonds. The minimum atomic E-state index is -0.610. The third kappa shape index (κ3) is 6.19. The van der Waals surface area contributed by atoms with Gasteiger partial charge in [0.1, 0.15) is 6.61 Å². The van der Waals surface area contributed by atoms with E-state index in [0.29, 0.717) is 18.8 Å². The number of nitrogens with one attached hydrogen (secondary N) is 2. The van der Waals surface area contributed by atoms with Crippen LogP contribution < -0.4 is 16.4 Å². The van der Waals surface area contributed by atoms with Gasteiger partial charge < -0.3 is 21.1 Å². The minimum Gasteiger partial charge on any atom is -0.367 e. The van der Waals surface area contributed by atoms with Crippen molar-refractivity contribution in [2.45, 2.75) is 13.2 Å². The Bertz CT molecular complexity index is 642. The molecule has 4 N–H and O–H groups in total. The molecule has 2 aromatic rings. The number of benzene rings is 2. The number of carbonyl (C=O) groups is 2. The maximum Gasteiger partial charge on any atom is 0.316 e. The number of rotatable bonds is 7. The van der Waals surface area contributed by atoms with Crippen LogP contribution >= 0.6 is 0 Å². The molecule has 0 aliphatic rings. The quantitative estimate of drug-likeness (QED) is 0.730. The summed E-state index contributed by atoms with van der Waals surface area (Å²) in [7, 11) is 0. The fourth-order valence-electron chi connectivity index (χ4n) is 1.94. The Balaban J connectivity index is 1.68. The molecule has 0 spiro atoms. The molecule has 0 radical (unpaired) electrons. The van der Waals surface area contributed by atoms with Crippen LogP contribution in [0.2, 0.25) is 0 Å². The Kier molecular flexibility index (Phi) is 6.14. The maximum atomic E-state index is 11.7. The highest BCUT2D eigenvalue weighted by Gasteiger charge is 2.02. The number of primary amides is 1. The van der Waals surface area contributed by atoms with Crippen molar-refractivity contribution in [3.63, 3.8) is 0 Å². The SMILES string of the molecule is NC(=O)Nc1ccc(CNC(=O)COCc2ccccc2)cc1. The zero-order chi connectivity index (χ0) is 16.5. The molecule has 2 aromatic carbocycles. The van der Waals surface area contributed by atoms with Gasteiger partial charge in [0, 0.05) is 12.2 Å². The highest BCUT2D eigenvalue weighted by atomic mass is 16.5. The maximum absolute atomic E-state index is 11.7. The summed E-state index contributed by atoms with van der Waals surface area (Å²) in [6.45, 7) is 0.808. The average Bonchev–Trinajstić information content (AvgIpc) is 2.55. The number of ether oxygens (including phenoxy) is 1. The summed E-state index contributed by atoms with van der Waals surface area (Å²) in [5, 5.41) is 5.24. The number of nitrogens with two attached hydrogens (primary N) is 1. The Morgan fingerprint density at radius 1 is 0.957 bits per heavy atom. The van der Waals surface area contributed by atoms with Crippen LogP contribution in [0.25, 0.3) is 0 Å². The molecule has 0 aliphatic carbocycles. The van der Waals surface area contributed by atoms with E-state index in [1.54, 1.807) is 24.3 Å². The predicted molar refractivity (Wildman–Crippen MR) is 87.6 cm³/mol. The number of carbonyl (C=O) groups excluding carboxylic acids is 2. The highest BCUT2D eigenvalue weighted by molar-refractivity contribution is 5.87. The van der Waals surface area contributed by atoms with Crippen molar-refractivity contribution < 1.29 is 14.3 Å². The Labute approximate surface area is 134 Å². The molecule has 0 fully saturated rings. The molecule has 0 atom stereocenters. The first-order valence-corrected chi connectivity index (χ1v) is 7.17. The molecule has 120 valence electrons. The summed E-state index contributed by atoms with van der Waals surface area (Å²) >= 11 is 0. The summed E-state index contributed by atoms with van der Waals surface area (Å²) in [6, 6.07) is 16.1. The minimum absolute atomic E-state index is 0.0101. The molecule has 23 heavy (non-hydrogen) atoms. The predicted octanol–water partition coefficient (Wildman–Crippen LogP) is 2.01. The Morgan fingerprint density at radius 2 is 1.65 bits per heavy atom. The third-order valence-corrected chi connectivity index (χ3v) is 3.06. The Hall–Kier alpha value is -2.86. The molecule has 0 bridgehead atoms. The van der Waals surface area contributed by atoms with Crippen molar-refractivity contribution in [1.82, 2.24) is 5.32 Å². The highest BCUT2D eigenvalue weighted by Crippen LogP contribution is 2.09. The molecular weight excluding hydrogens is 294 g/mol. The van der Waals surface area contributed by atoms with Crippen LogP contribution in [0.15, 0.2) is 54.6 Å². The second-order valence-electron chi connectivity index (χ2n) is 4.94. The molecule has 0 unspecified atom stereocenters. The lowest BCUT2D eigenvalue weighted by Crippen LogP contribution is -2.27. The fraction of sp³-hybridized carbons (Fsp3) is 0.176. The van der Waals surface area contributed by atoms with Gasteiger partial charge in [-0.25, -0.2) is 4.79 Å². The van der Waals surface area contributed by atoms with Gasteiger partial charge in [0.15, 0.2) is 0 Å². The van der Waals surface area contributed by atoms with Gasteiger partial charge in [-0.05, 0) is 23.3 Å². The van der Waals surface area contributed by atoms with Crippen molar-refractivity contribution >= 4 is 17.6 Å². The smallest absolute Gasteiger partial charge is 0.316 e. The van der Waals surface area contributed by atoms with Crippen molar-refractivity contribution in [2.75, 3.05) is 11.9 Å². The van der Waals surface area contributed by atoms with Crippen LogP contribution in [-0.4, -0.2) is 18.5 Å². The molecule has 6 nitrogen and oxygen atoms in total. The van der Waals surface area contributed by atoms with Gasteiger partial charge in [0.2, 0.25) is 5.91 Å². The molecule has 0 saturated carbocycles. The van der Waals surface area contributed by atoms with Crippen molar-refractivity contribution in [2.24, 2.45) is 5.73 Å². The van der Waals surface area contributed by atoms with Gasteiger partial charge in [-0.1, -0.05) is 42.5 Å². The van der Waals surface area contributed by atoms with Gasteiger partial charge in [-0.3, -0.25) is 4.79 Å². The largest absolute Gasteiger partial charge is 0.367 e. The summed E-state index contributed by atoms with van der Waals surface area (Å²) < 4.78 is 5.36. The van der Waals surface area contributed by atoms with E-state index in [1.807, 2.05) is 30.3 Å². The zero-order valence-corrected chi connectivity index (χ0v) is 12.6. The second kappa shape index (κ2) is 8.55. The first-order chi connectivity index (χ1) is 11.1. The number of amides is 3. The van der Waals surface area contributed by atoms with E-state index in [0.717, 1.165) is 11.1 Å². The second-order valence-corrected chi connectivity index (χ2v) is 4.94. The summed E-state index contributed by atoms with van der Waals surface area (Å²) in [5.41, 5.74) is 7.58. The molecular formula is C17H19N3O3. The lowest BCUT2D eigenvalue weighted by molar-refractivity contribution is -0.126. The normalized spacial score (nSPS) is 10.1. The standard InChI is InChI=1S/C17H19N3O3/c18-17(22)20-15-8-6-13(7-9-15)10-19-16(21)12-23-11-14-4-2-1-3-5-14/h1-9H,10-12H2,(H,19,21)(H3,18,20,22). The third-order valence-electron chi connectivity index (χ3n) is 3.06. The summed E-state index contributed by atoms with van der Waals surface area (Å²) in [4.78, 5) is 22.4. The van der Waals surface area contributed by atoms with Gasteiger partial charge in [-0.15, -0.1) is 0 Å². The average molecular weight is 313 g/mol. The van der Waals surface area contributed by atoms with Crippen LogP contribution in [0.5, 0.6) is 0 Å². The Morgan fingerprint density at radius 3 is 2.30 bits per heavy atom. The van der Waals surface area contributed by atoms with Crippen LogP contribution in [0.4, 0.5) is 10.5 Å². The van der Waals surface area contributed by atoms with Crippen molar-refractivity contribution in [3.8, 4) is 0 Å². The molecule has 0 heterocycles. The van der Waals surface area contributed by atoms with E-state index in [4.69, 9.17) is 10.5 Å². The zero-order valence-electron chi connectivity index (χ0n) is 12.6. The van der Waals surface area contributed by atoms with E-state index in [1.165, 1.54) is 0 Å². The number of hydrogen-bond donors (Lipinski definition) is 3. The molecule has 0 aliphatic heterocycles. The molecule has 6 heteroatoms. The van der Waals surface area contributed by atoms with Gasteiger partial charge in [0.05, 0.1) is 6.61 Å². The number of anilines is 1. The number of urea groups is 1. The van der Waals surface area contributed by atoms with Gasteiger partial charge in [-0.2, -0.15) is 0 Å². The lowest BCUT2D eigenvalue weighted by Gasteiger charge is -2.07. The molecule has 0 saturated heterocycles. The van der Waals surface area contributed by atoms with Crippen LogP contribution in [0, 0.1) is 0 Å². The van der Waals surface area contributed by atoms with Crippen molar-refractivity contribution in [3.05, 3.63) is 65.7 Å². The van der Waals surface area contributed by atoms with E-state index >= 15 is 0 Å². The summed E-state index contributed by atoms with van der Waals surface area (Å²) in [6.07, 6.45) is 0. The van der Waals surface area contributed by atoms with Crippen LogP contribution in [0.1, 0.15) is 11.1 Å². The topological polar surface area (TPSA) is 93.5 Å². The van der Waals surface area contributed by atoms with Gasteiger partial charge >= 0.3 is 6.03 Å². The van der Waals surface area contributed by atoms with Crippen LogP contribution in [-0.2, 0) is 22.7 Å². The van der Waals surface area contributed by atoms with E-state index in [9.17, 15) is 9.59 Å². The summed E-state index contributed by atoms with van der Waals surface area (Å²) in [5.74, 6) is -0.180. The van der Waals surface area contributed by atoms with Crippen molar-refractivity contribution in [1.29, 1.82) is 0 Å². The first kappa shape index (κ1) is 16.5. The lowest BCUT2D eigenvalue weighted by atomic mass is 10.2. The first-order valence-electron chi connectivity index (χ1n) is 7.17. The van der Waals surface area contributed by atoms with E-state index in [2.05, 4.69) is 10.6 Å². The van der Waals surface area contributed by atoms with Crippen LogP contribution in [0.3, 0.4) is 0 Å². The number of hydrogen-bond acceptors (Lipinski definition) is 3. The molecule has 0 aromatic heterocycles. The van der Waals surface area contributed by atoms with Gasteiger partial charge in [0.25, 0.3) is 0 Å². The fourth-order valence-corrected chi connectivity index (χ4v) is 1.94. The molecule has 2 rings (SSSR count). The van der Waals surface area contributed by atoms with E-state index in [-0.39, 0.29) is 12.5 Å². The van der Waals surface area contributed by atoms with E-state index < -0.39 is 6.03 Å². The monoisotopic (exact) mass is 313 g/mol.